The zero-order valence-electron chi connectivity index (χ0n) is 14.2. The summed E-state index contributed by atoms with van der Waals surface area (Å²) < 4.78 is 52.6. The van der Waals surface area contributed by atoms with Gasteiger partial charge >= 0.3 is 6.18 Å². The second kappa shape index (κ2) is 7.10. The molecule has 10 heteroatoms. The van der Waals surface area contributed by atoms with Crippen molar-refractivity contribution in [3.05, 3.63) is 58.6 Å². The van der Waals surface area contributed by atoms with Gasteiger partial charge in [0.05, 0.1) is 23.1 Å². The number of thiazole rings is 1. The number of hydrogen-bond donors (Lipinski definition) is 1. The number of nitrogens with zero attached hydrogens (tertiary/aromatic N) is 3. The maximum atomic E-state index is 13.1. The van der Waals surface area contributed by atoms with Gasteiger partial charge in [0.2, 0.25) is 0 Å². The molecule has 2 heterocycles. The molecule has 2 aromatic heterocycles. The van der Waals surface area contributed by atoms with E-state index in [4.69, 9.17) is 0 Å². The first-order valence-corrected chi connectivity index (χ1v) is 8.72. The Kier molecular flexibility index (Phi) is 5.01. The molecular weight excluding hydrogens is 384 g/mol. The van der Waals surface area contributed by atoms with Crippen LogP contribution in [-0.4, -0.2) is 20.7 Å². The first-order chi connectivity index (χ1) is 12.7. The van der Waals surface area contributed by atoms with Gasteiger partial charge in [-0.15, -0.1) is 11.3 Å². The van der Waals surface area contributed by atoms with E-state index in [1.807, 2.05) is 13.8 Å². The molecule has 0 radical (unpaired) electrons. The van der Waals surface area contributed by atoms with Gasteiger partial charge in [-0.25, -0.2) is 14.1 Å². The molecule has 5 nitrogen and oxygen atoms in total. The third-order valence-corrected chi connectivity index (χ3v) is 4.44. The number of aromatic nitrogens is 3. The molecule has 0 aliphatic heterocycles. The number of benzene rings is 1. The van der Waals surface area contributed by atoms with Crippen molar-refractivity contribution in [2.24, 2.45) is 0 Å². The fraction of sp³-hybridized carbons (Fsp3) is 0.235. The van der Waals surface area contributed by atoms with E-state index < -0.39 is 23.6 Å². The summed E-state index contributed by atoms with van der Waals surface area (Å²) in [5.41, 5.74) is 0.256. The Morgan fingerprint density at radius 3 is 2.44 bits per heavy atom. The van der Waals surface area contributed by atoms with Crippen molar-refractivity contribution in [3.63, 3.8) is 0 Å². The summed E-state index contributed by atoms with van der Waals surface area (Å²) in [6, 6.07) is 5.59. The predicted octanol–water partition coefficient (Wildman–Crippen LogP) is 4.86. The molecule has 142 valence electrons. The van der Waals surface area contributed by atoms with Crippen molar-refractivity contribution in [3.8, 4) is 5.69 Å². The minimum absolute atomic E-state index is 0.125. The number of alkyl halides is 3. The van der Waals surface area contributed by atoms with Crippen LogP contribution in [0, 0.1) is 5.82 Å². The maximum absolute atomic E-state index is 13.1. The predicted molar refractivity (Wildman–Crippen MR) is 92.7 cm³/mol. The molecule has 1 aromatic carbocycles. The molecule has 27 heavy (non-hydrogen) atoms. The molecule has 0 atom stereocenters. The van der Waals surface area contributed by atoms with Gasteiger partial charge in [-0.3, -0.25) is 10.1 Å². The number of carbonyl (C=O) groups is 1. The van der Waals surface area contributed by atoms with E-state index in [9.17, 15) is 22.4 Å². The summed E-state index contributed by atoms with van der Waals surface area (Å²) in [6.07, 6.45) is -3.25. The molecule has 0 saturated carbocycles. The number of rotatable bonds is 4. The summed E-state index contributed by atoms with van der Waals surface area (Å²) >= 11 is 0.687. The molecule has 3 rings (SSSR count). The Hall–Kier alpha value is -2.75. The van der Waals surface area contributed by atoms with E-state index in [2.05, 4.69) is 15.4 Å². The lowest BCUT2D eigenvalue weighted by Gasteiger charge is -2.12. The highest BCUT2D eigenvalue weighted by molar-refractivity contribution is 7.14. The Balaban J connectivity index is 1.91. The third kappa shape index (κ3) is 4.00. The fourth-order valence-corrected chi connectivity index (χ4v) is 3.21. The summed E-state index contributed by atoms with van der Waals surface area (Å²) in [6.45, 7) is 3.69. The highest BCUT2D eigenvalue weighted by atomic mass is 32.1. The summed E-state index contributed by atoms with van der Waals surface area (Å²) in [4.78, 5) is 15.9. The molecule has 1 amide bonds. The van der Waals surface area contributed by atoms with Gasteiger partial charge in [-0.1, -0.05) is 13.8 Å². The molecule has 3 aromatic rings. The number of hydrogen-bond acceptors (Lipinski definition) is 4. The Bertz CT molecular complexity index is 960. The fourth-order valence-electron chi connectivity index (χ4n) is 2.50. The Morgan fingerprint density at radius 1 is 1.22 bits per heavy atom. The lowest BCUT2D eigenvalue weighted by Crippen LogP contribution is -2.15. The van der Waals surface area contributed by atoms with E-state index in [0.717, 1.165) is 5.38 Å². The van der Waals surface area contributed by atoms with Gasteiger partial charge in [0.15, 0.2) is 10.8 Å². The van der Waals surface area contributed by atoms with Gasteiger partial charge in [-0.05, 0) is 30.2 Å². The van der Waals surface area contributed by atoms with E-state index in [1.165, 1.54) is 35.1 Å². The second-order valence-electron chi connectivity index (χ2n) is 5.98. The molecule has 0 spiro atoms. The normalized spacial score (nSPS) is 11.8. The molecule has 0 saturated heterocycles. The van der Waals surface area contributed by atoms with Gasteiger partial charge in [0.1, 0.15) is 5.82 Å². The lowest BCUT2D eigenvalue weighted by molar-refractivity contribution is -0.140. The number of carbonyl (C=O) groups excluding carboxylic acids is 1. The maximum Gasteiger partial charge on any atom is 0.434 e. The number of halogens is 4. The van der Waals surface area contributed by atoms with Gasteiger partial charge in [0.25, 0.3) is 5.91 Å². The van der Waals surface area contributed by atoms with Crippen LogP contribution in [0.15, 0.2) is 35.8 Å². The zero-order chi connectivity index (χ0) is 19.8. The minimum atomic E-state index is -4.57. The van der Waals surface area contributed by atoms with Gasteiger partial charge in [0, 0.05) is 5.38 Å². The van der Waals surface area contributed by atoms with E-state index in [0.29, 0.717) is 22.7 Å². The molecule has 0 aliphatic carbocycles. The summed E-state index contributed by atoms with van der Waals surface area (Å²) in [7, 11) is 0. The van der Waals surface area contributed by atoms with Crippen LogP contribution in [0.4, 0.5) is 22.7 Å². The van der Waals surface area contributed by atoms with E-state index in [-0.39, 0.29) is 16.6 Å². The van der Waals surface area contributed by atoms with Crippen molar-refractivity contribution in [1.82, 2.24) is 14.8 Å². The Labute approximate surface area is 155 Å². The van der Waals surface area contributed by atoms with Crippen molar-refractivity contribution < 1.29 is 22.4 Å². The number of anilines is 1. The number of amides is 1. The van der Waals surface area contributed by atoms with Gasteiger partial charge < -0.3 is 0 Å². The highest BCUT2D eigenvalue weighted by Gasteiger charge is 2.34. The highest BCUT2D eigenvalue weighted by Crippen LogP contribution is 2.32. The molecule has 0 unspecified atom stereocenters. The first kappa shape index (κ1) is 19.0. The third-order valence-electron chi connectivity index (χ3n) is 3.68. The summed E-state index contributed by atoms with van der Waals surface area (Å²) in [5, 5.41) is 7.23. The molecule has 0 aliphatic rings. The lowest BCUT2D eigenvalue weighted by atomic mass is 10.1. The van der Waals surface area contributed by atoms with Crippen molar-refractivity contribution >= 4 is 22.4 Å². The van der Waals surface area contributed by atoms with Crippen molar-refractivity contribution in [1.29, 1.82) is 0 Å². The van der Waals surface area contributed by atoms with Crippen LogP contribution in [0.25, 0.3) is 5.69 Å². The van der Waals surface area contributed by atoms with E-state index in [1.54, 1.807) is 0 Å². The van der Waals surface area contributed by atoms with Crippen molar-refractivity contribution in [2.75, 3.05) is 5.32 Å². The first-order valence-electron chi connectivity index (χ1n) is 7.84. The molecule has 0 fully saturated rings. The van der Waals surface area contributed by atoms with Crippen molar-refractivity contribution in [2.45, 2.75) is 25.9 Å². The Morgan fingerprint density at radius 2 is 1.89 bits per heavy atom. The van der Waals surface area contributed by atoms with Crippen LogP contribution < -0.4 is 5.32 Å². The molecule has 1 N–H and O–H groups in total. The topological polar surface area (TPSA) is 59.8 Å². The largest absolute Gasteiger partial charge is 0.434 e. The van der Waals surface area contributed by atoms with Crippen LogP contribution in [0.2, 0.25) is 0 Å². The van der Waals surface area contributed by atoms with Crippen LogP contribution in [-0.2, 0) is 6.18 Å². The zero-order valence-corrected chi connectivity index (χ0v) is 15.0. The van der Waals surface area contributed by atoms with Gasteiger partial charge in [-0.2, -0.15) is 18.3 Å². The SMILES string of the molecule is CC(C)c1c(C(=O)Nc2nc(C(F)(F)F)cs2)cnn1-c1ccc(F)cc1. The quantitative estimate of drug-likeness (QED) is 0.639. The van der Waals surface area contributed by atoms with Crippen LogP contribution >= 0.6 is 11.3 Å². The van der Waals surface area contributed by atoms with Crippen LogP contribution in [0.3, 0.4) is 0 Å². The average molecular weight is 398 g/mol. The molecular formula is C17H14F4N4OS. The van der Waals surface area contributed by atoms with Crippen LogP contribution in [0.5, 0.6) is 0 Å². The standard InChI is InChI=1S/C17H14F4N4OS/c1-9(2)14-12(7-22-25(14)11-5-3-10(18)4-6-11)15(26)24-16-23-13(8-27-16)17(19,20)21/h3-9H,1-2H3,(H,23,24,26). The smallest absolute Gasteiger partial charge is 0.298 e. The molecule has 0 bridgehead atoms. The summed E-state index contributed by atoms with van der Waals surface area (Å²) in [5.74, 6) is -1.14. The van der Waals surface area contributed by atoms with E-state index >= 15 is 0 Å². The second-order valence-corrected chi connectivity index (χ2v) is 6.83. The minimum Gasteiger partial charge on any atom is -0.298 e. The monoisotopic (exact) mass is 398 g/mol. The number of nitrogens with one attached hydrogen (secondary N) is 1. The van der Waals surface area contributed by atoms with Crippen LogP contribution in [0.1, 0.15) is 41.5 Å². The average Bonchev–Trinajstić information content (AvgIpc) is 3.22.